The van der Waals surface area contributed by atoms with Gasteiger partial charge in [-0.05, 0) is 65.8 Å². The molecule has 0 unspecified atom stereocenters. The van der Waals surface area contributed by atoms with Crippen molar-refractivity contribution >= 4 is 28.5 Å². The van der Waals surface area contributed by atoms with E-state index in [0.29, 0.717) is 5.56 Å². The van der Waals surface area contributed by atoms with Gasteiger partial charge in [0.2, 0.25) is 0 Å². The number of halogens is 1. The monoisotopic (exact) mass is 443 g/mol. The molecule has 0 fully saturated rings. The Morgan fingerprint density at radius 1 is 1.08 bits per heavy atom. The van der Waals surface area contributed by atoms with Crippen LogP contribution in [-0.4, -0.2) is 15.9 Å². The van der Waals surface area contributed by atoms with Crippen LogP contribution < -0.4 is 5.32 Å². The van der Waals surface area contributed by atoms with E-state index in [2.05, 4.69) is 75.1 Å². The minimum absolute atomic E-state index is 0.120. The maximum Gasteiger partial charge on any atom is 0.251 e. The molecule has 0 bridgehead atoms. The fourth-order valence-corrected chi connectivity index (χ4v) is 3.19. The zero-order valence-electron chi connectivity index (χ0n) is 14.0. The lowest BCUT2D eigenvalue weighted by Gasteiger charge is -2.14. The van der Waals surface area contributed by atoms with Crippen molar-refractivity contribution in [3.63, 3.8) is 0 Å². The Kier molecular flexibility index (Phi) is 5.43. The highest BCUT2D eigenvalue weighted by Crippen LogP contribution is 2.24. The number of nitrogens with zero attached hydrogens (tertiary/aromatic N) is 2. The van der Waals surface area contributed by atoms with Crippen molar-refractivity contribution in [3.8, 4) is 11.1 Å². The molecular weight excluding hydrogens is 425 g/mol. The van der Waals surface area contributed by atoms with Crippen LogP contribution in [0.25, 0.3) is 11.1 Å². The van der Waals surface area contributed by atoms with Gasteiger partial charge in [-0.25, -0.2) is 0 Å². The predicted octanol–water partition coefficient (Wildman–Crippen LogP) is 4.55. The van der Waals surface area contributed by atoms with Crippen LogP contribution in [0.1, 0.15) is 34.6 Å². The molecule has 1 heterocycles. The lowest BCUT2D eigenvalue weighted by atomic mass is 10.0. The Balaban J connectivity index is 1.84. The lowest BCUT2D eigenvalue weighted by molar-refractivity contribution is 0.0939. The van der Waals surface area contributed by atoms with Gasteiger partial charge in [0.25, 0.3) is 5.91 Å². The van der Waals surface area contributed by atoms with Crippen LogP contribution in [0.5, 0.6) is 0 Å². The fraction of sp³-hybridized carbons (Fsp3) is 0.150. The SMILES string of the molecule is Cc1ccc(-c2cc(I)cc(C(=O)N[C@H](C)c3cnccn3)c2)cc1. The number of hydrogen-bond donors (Lipinski definition) is 1. The Morgan fingerprint density at radius 3 is 2.52 bits per heavy atom. The number of carbonyl (C=O) groups excluding carboxylic acids is 1. The molecule has 1 amide bonds. The summed E-state index contributed by atoms with van der Waals surface area (Å²) >= 11 is 2.24. The van der Waals surface area contributed by atoms with Crippen LogP contribution in [0.15, 0.2) is 61.1 Å². The first-order valence-electron chi connectivity index (χ1n) is 7.97. The predicted molar refractivity (Wildman–Crippen MR) is 107 cm³/mol. The molecule has 5 heteroatoms. The number of carbonyl (C=O) groups is 1. The lowest BCUT2D eigenvalue weighted by Crippen LogP contribution is -2.27. The molecule has 1 N–H and O–H groups in total. The van der Waals surface area contributed by atoms with Gasteiger partial charge in [-0.1, -0.05) is 29.8 Å². The first-order valence-corrected chi connectivity index (χ1v) is 9.05. The first-order chi connectivity index (χ1) is 12.0. The Hall–Kier alpha value is -2.28. The molecule has 0 saturated heterocycles. The van der Waals surface area contributed by atoms with Crippen molar-refractivity contribution in [2.24, 2.45) is 0 Å². The largest absolute Gasteiger partial charge is 0.344 e. The van der Waals surface area contributed by atoms with Crippen LogP contribution in [0.3, 0.4) is 0 Å². The third kappa shape index (κ3) is 4.42. The summed E-state index contributed by atoms with van der Waals surface area (Å²) in [4.78, 5) is 20.9. The normalized spacial score (nSPS) is 11.8. The second-order valence-electron chi connectivity index (χ2n) is 5.92. The van der Waals surface area contributed by atoms with Gasteiger partial charge < -0.3 is 5.32 Å². The van der Waals surface area contributed by atoms with Crippen LogP contribution in [0, 0.1) is 10.5 Å². The molecule has 0 spiro atoms. The molecule has 0 radical (unpaired) electrons. The van der Waals surface area contributed by atoms with Gasteiger partial charge in [0, 0.05) is 21.5 Å². The standard InChI is InChI=1S/C20H18IN3O/c1-13-3-5-15(6-4-13)16-9-17(11-18(21)10-16)20(25)24-14(2)19-12-22-7-8-23-19/h3-12,14H,1-2H3,(H,24,25)/t14-/m1/s1. The first kappa shape index (κ1) is 17.5. The average Bonchev–Trinajstić information content (AvgIpc) is 2.62. The van der Waals surface area contributed by atoms with E-state index in [1.54, 1.807) is 18.6 Å². The Morgan fingerprint density at radius 2 is 1.84 bits per heavy atom. The van der Waals surface area contributed by atoms with Crippen LogP contribution in [0.4, 0.5) is 0 Å². The highest BCUT2D eigenvalue weighted by Gasteiger charge is 2.14. The number of aromatic nitrogens is 2. The zero-order chi connectivity index (χ0) is 17.8. The van der Waals surface area contributed by atoms with Gasteiger partial charge in [-0.2, -0.15) is 0 Å². The topological polar surface area (TPSA) is 54.9 Å². The number of hydrogen-bond acceptors (Lipinski definition) is 3. The van der Waals surface area contributed by atoms with Gasteiger partial charge in [-0.3, -0.25) is 14.8 Å². The number of nitrogens with one attached hydrogen (secondary N) is 1. The Labute approximate surface area is 160 Å². The van der Waals surface area contributed by atoms with Crippen molar-refractivity contribution in [2.75, 3.05) is 0 Å². The second-order valence-corrected chi connectivity index (χ2v) is 7.17. The zero-order valence-corrected chi connectivity index (χ0v) is 16.2. The highest BCUT2D eigenvalue weighted by atomic mass is 127. The summed E-state index contributed by atoms with van der Waals surface area (Å²) in [7, 11) is 0. The summed E-state index contributed by atoms with van der Waals surface area (Å²) in [6.45, 7) is 3.96. The number of benzene rings is 2. The highest BCUT2D eigenvalue weighted by molar-refractivity contribution is 14.1. The Bertz CT molecular complexity index is 879. The number of rotatable bonds is 4. The van der Waals surface area contributed by atoms with E-state index in [0.717, 1.165) is 20.4 Å². The maximum absolute atomic E-state index is 12.7. The summed E-state index contributed by atoms with van der Waals surface area (Å²) in [5.41, 5.74) is 4.72. The third-order valence-corrected chi connectivity index (χ3v) is 4.54. The molecule has 1 aromatic heterocycles. The van der Waals surface area contributed by atoms with Crippen LogP contribution in [-0.2, 0) is 0 Å². The molecular formula is C20H18IN3O. The summed E-state index contributed by atoms with van der Waals surface area (Å²) in [5.74, 6) is -0.120. The summed E-state index contributed by atoms with van der Waals surface area (Å²) in [5, 5.41) is 2.98. The third-order valence-electron chi connectivity index (χ3n) is 3.92. The van der Waals surface area contributed by atoms with Crippen molar-refractivity contribution in [2.45, 2.75) is 19.9 Å². The van der Waals surface area contributed by atoms with Gasteiger partial charge in [0.15, 0.2) is 0 Å². The number of amides is 1. The molecule has 0 aliphatic carbocycles. The van der Waals surface area contributed by atoms with E-state index in [4.69, 9.17) is 0 Å². The molecule has 0 aliphatic rings. The van der Waals surface area contributed by atoms with Gasteiger partial charge in [0.1, 0.15) is 0 Å². The maximum atomic E-state index is 12.7. The van der Waals surface area contributed by atoms with Crippen molar-refractivity contribution < 1.29 is 4.79 Å². The van der Waals surface area contributed by atoms with E-state index >= 15 is 0 Å². The van der Waals surface area contributed by atoms with Crippen molar-refractivity contribution in [1.82, 2.24) is 15.3 Å². The molecule has 3 rings (SSSR count). The van der Waals surface area contributed by atoms with Crippen molar-refractivity contribution in [3.05, 3.63) is 81.4 Å². The smallest absolute Gasteiger partial charge is 0.251 e. The van der Waals surface area contributed by atoms with Crippen molar-refractivity contribution in [1.29, 1.82) is 0 Å². The van der Waals surface area contributed by atoms with E-state index in [1.807, 2.05) is 19.1 Å². The second kappa shape index (κ2) is 7.74. The van der Waals surface area contributed by atoms with Crippen LogP contribution in [0.2, 0.25) is 0 Å². The van der Waals surface area contributed by atoms with E-state index in [-0.39, 0.29) is 11.9 Å². The molecule has 0 aliphatic heterocycles. The molecule has 4 nitrogen and oxygen atoms in total. The summed E-state index contributed by atoms with van der Waals surface area (Å²) in [6.07, 6.45) is 4.90. The molecule has 25 heavy (non-hydrogen) atoms. The summed E-state index contributed by atoms with van der Waals surface area (Å²) in [6, 6.07) is 14.0. The quantitative estimate of drug-likeness (QED) is 0.603. The van der Waals surface area contributed by atoms with E-state index < -0.39 is 0 Å². The van der Waals surface area contributed by atoms with Gasteiger partial charge in [0.05, 0.1) is 17.9 Å². The fourth-order valence-electron chi connectivity index (χ4n) is 2.52. The van der Waals surface area contributed by atoms with Gasteiger partial charge >= 0.3 is 0 Å². The van der Waals surface area contributed by atoms with Gasteiger partial charge in [-0.15, -0.1) is 0 Å². The van der Waals surface area contributed by atoms with E-state index in [9.17, 15) is 4.79 Å². The van der Waals surface area contributed by atoms with Crippen LogP contribution >= 0.6 is 22.6 Å². The van der Waals surface area contributed by atoms with E-state index in [1.165, 1.54) is 5.56 Å². The molecule has 0 saturated carbocycles. The molecule has 2 aromatic carbocycles. The minimum Gasteiger partial charge on any atom is -0.344 e. The minimum atomic E-state index is -0.207. The molecule has 3 aromatic rings. The number of aryl methyl sites for hydroxylation is 1. The summed E-state index contributed by atoms with van der Waals surface area (Å²) < 4.78 is 1.02. The average molecular weight is 443 g/mol. The molecule has 1 atom stereocenters. The molecule has 126 valence electrons.